The number of phenols is 1. The van der Waals surface area contributed by atoms with Crippen LogP contribution in [0.4, 0.5) is 0 Å². The van der Waals surface area contributed by atoms with Gasteiger partial charge in [0, 0.05) is 39.5 Å². The second-order valence-electron chi connectivity index (χ2n) is 13.1. The third-order valence-electron chi connectivity index (χ3n) is 9.08. The number of likely N-dealkylation sites (N-methyl/N-ethyl adjacent to an activating group) is 1. The van der Waals surface area contributed by atoms with Crippen LogP contribution < -0.4 is 49.9 Å². The first-order valence-corrected chi connectivity index (χ1v) is 17.9. The van der Waals surface area contributed by atoms with Crippen molar-refractivity contribution >= 4 is 29.5 Å². The van der Waals surface area contributed by atoms with E-state index in [1.165, 1.54) is 11.9 Å². The standard InChI is InChI=1S/C36H56N10O6/c1-46-30(35(51)44-28(9-3-13-37)34(50)42-16-5-8-26(40)32(48)43-17-15-39)19-22-6-2-7-23(18-22)24-11-12-31(47)25(20-24)21-27(41)33(49)45-29(36(46)52)10-4-14-38/h2,6-7,11-12,18,20,26-30,47H,3-5,8-10,13-17,19,21,37-41H2,1H3,(H,42,50)(H,43,48)(H,44,51)(H,45,49)/t26-,27-,28+,29-,30-/m0/s1. The average molecular weight is 725 g/mol. The minimum Gasteiger partial charge on any atom is -0.508 e. The summed E-state index contributed by atoms with van der Waals surface area (Å²) in [5.74, 6) is -2.48. The lowest BCUT2D eigenvalue weighted by Gasteiger charge is -2.32. The number of hydrogen-bond donors (Lipinski definition) is 10. The van der Waals surface area contributed by atoms with E-state index in [-0.39, 0.29) is 57.0 Å². The van der Waals surface area contributed by atoms with Crippen LogP contribution in [0.15, 0.2) is 42.5 Å². The van der Waals surface area contributed by atoms with Gasteiger partial charge in [-0.1, -0.05) is 30.3 Å². The topological polar surface area (TPSA) is 287 Å². The molecule has 4 bridgehead atoms. The Labute approximate surface area is 305 Å². The molecule has 3 rings (SSSR count). The van der Waals surface area contributed by atoms with E-state index in [1.807, 2.05) is 24.3 Å². The maximum absolute atomic E-state index is 14.2. The Morgan fingerprint density at radius 3 is 2.33 bits per heavy atom. The molecule has 2 aromatic carbocycles. The normalized spacial score (nSPS) is 19.0. The number of rotatable bonds is 16. The van der Waals surface area contributed by atoms with Gasteiger partial charge in [-0.3, -0.25) is 24.0 Å². The number of carbonyl (C=O) groups excluding carboxylic acids is 5. The Kier molecular flexibility index (Phi) is 16.9. The molecule has 0 spiro atoms. The van der Waals surface area contributed by atoms with Crippen molar-refractivity contribution in [3.63, 3.8) is 0 Å². The Morgan fingerprint density at radius 1 is 0.904 bits per heavy atom. The van der Waals surface area contributed by atoms with Gasteiger partial charge in [0.05, 0.1) is 12.1 Å². The summed E-state index contributed by atoms with van der Waals surface area (Å²) < 4.78 is 0. The van der Waals surface area contributed by atoms with Crippen LogP contribution in [0.25, 0.3) is 11.1 Å². The number of amides is 5. The van der Waals surface area contributed by atoms with Gasteiger partial charge in [-0.15, -0.1) is 0 Å². The molecular weight excluding hydrogens is 668 g/mol. The Bertz CT molecular complexity index is 1520. The van der Waals surface area contributed by atoms with Gasteiger partial charge in [0.15, 0.2) is 0 Å². The predicted molar refractivity (Wildman–Crippen MR) is 198 cm³/mol. The van der Waals surface area contributed by atoms with Gasteiger partial charge >= 0.3 is 0 Å². The lowest BCUT2D eigenvalue weighted by Crippen LogP contribution is -2.58. The number of aromatic hydroxyl groups is 1. The molecule has 52 heavy (non-hydrogen) atoms. The molecule has 1 heterocycles. The largest absolute Gasteiger partial charge is 0.508 e. The fourth-order valence-corrected chi connectivity index (χ4v) is 6.00. The molecule has 0 aromatic heterocycles. The number of nitrogens with one attached hydrogen (secondary N) is 4. The van der Waals surface area contributed by atoms with E-state index >= 15 is 0 Å². The summed E-state index contributed by atoms with van der Waals surface area (Å²) in [4.78, 5) is 68.3. The zero-order chi connectivity index (χ0) is 38.2. The van der Waals surface area contributed by atoms with Crippen LogP contribution in [0.5, 0.6) is 5.75 Å². The number of phenolic OH excluding ortho intramolecular Hbond substituents is 1. The van der Waals surface area contributed by atoms with Gasteiger partial charge in [-0.05, 0) is 86.0 Å². The lowest BCUT2D eigenvalue weighted by molar-refractivity contribution is -0.142. The summed E-state index contributed by atoms with van der Waals surface area (Å²) in [7, 11) is 1.49. The van der Waals surface area contributed by atoms with E-state index in [0.29, 0.717) is 44.3 Å². The molecule has 1 aliphatic rings. The van der Waals surface area contributed by atoms with Crippen molar-refractivity contribution in [1.82, 2.24) is 26.2 Å². The van der Waals surface area contributed by atoms with E-state index in [1.54, 1.807) is 18.2 Å². The van der Waals surface area contributed by atoms with Gasteiger partial charge in [0.1, 0.15) is 23.9 Å². The fourth-order valence-electron chi connectivity index (χ4n) is 6.00. The van der Waals surface area contributed by atoms with Crippen LogP contribution in [0.3, 0.4) is 0 Å². The maximum Gasteiger partial charge on any atom is 0.245 e. The van der Waals surface area contributed by atoms with Gasteiger partial charge < -0.3 is 59.9 Å². The predicted octanol–water partition coefficient (Wildman–Crippen LogP) is -1.94. The highest BCUT2D eigenvalue weighted by atomic mass is 16.3. The quantitative estimate of drug-likeness (QED) is 0.0850. The number of nitrogens with zero attached hydrogens (tertiary/aromatic N) is 1. The molecule has 0 saturated carbocycles. The third-order valence-corrected chi connectivity index (χ3v) is 9.08. The van der Waals surface area contributed by atoms with Gasteiger partial charge in [-0.25, -0.2) is 0 Å². The minimum atomic E-state index is -1.09. The monoisotopic (exact) mass is 724 g/mol. The van der Waals surface area contributed by atoms with Crippen molar-refractivity contribution in [2.24, 2.45) is 28.7 Å². The summed E-state index contributed by atoms with van der Waals surface area (Å²) in [6.45, 7) is 1.37. The molecular formula is C36H56N10O6. The second-order valence-corrected chi connectivity index (χ2v) is 13.1. The van der Waals surface area contributed by atoms with E-state index in [2.05, 4.69) is 21.3 Å². The van der Waals surface area contributed by atoms with Gasteiger partial charge in [-0.2, -0.15) is 0 Å². The molecule has 16 nitrogen and oxygen atoms in total. The molecule has 16 heteroatoms. The van der Waals surface area contributed by atoms with Crippen molar-refractivity contribution in [2.75, 3.05) is 39.8 Å². The van der Waals surface area contributed by atoms with Crippen molar-refractivity contribution in [3.8, 4) is 16.9 Å². The summed E-state index contributed by atoms with van der Waals surface area (Å²) in [5.41, 5.74) is 31.9. The third kappa shape index (κ3) is 12.3. The van der Waals surface area contributed by atoms with Crippen molar-refractivity contribution in [2.45, 2.75) is 81.6 Å². The van der Waals surface area contributed by atoms with Crippen LogP contribution in [-0.2, 0) is 36.8 Å². The number of carbonyl (C=O) groups is 5. The Morgan fingerprint density at radius 2 is 1.62 bits per heavy atom. The van der Waals surface area contributed by atoms with Crippen LogP contribution in [0.2, 0.25) is 0 Å². The summed E-state index contributed by atoms with van der Waals surface area (Å²) in [5, 5.41) is 21.6. The highest BCUT2D eigenvalue weighted by Gasteiger charge is 2.35. The van der Waals surface area contributed by atoms with Crippen LogP contribution in [-0.4, -0.2) is 110 Å². The first kappa shape index (κ1) is 41.8. The van der Waals surface area contributed by atoms with E-state index < -0.39 is 53.8 Å². The molecule has 1 aliphatic heterocycles. The number of benzene rings is 2. The van der Waals surface area contributed by atoms with Crippen LogP contribution in [0, 0.1) is 0 Å². The molecule has 0 aliphatic carbocycles. The lowest BCUT2D eigenvalue weighted by atomic mass is 9.95. The number of hydrogen-bond acceptors (Lipinski definition) is 11. The van der Waals surface area contributed by atoms with E-state index in [0.717, 1.165) is 16.7 Å². The SMILES string of the molecule is CN1C(=O)[C@H](CCCN)NC(=O)[C@@H](N)Cc2cc(ccc2O)-c2cccc(c2)C[C@H]1C(=O)N[C@H](CCCN)C(=O)NCCC[C@H](N)C(=O)NCCN. The summed E-state index contributed by atoms with van der Waals surface area (Å²) in [6.07, 6.45) is 2.13. The minimum absolute atomic E-state index is 0.0118. The highest BCUT2D eigenvalue weighted by Crippen LogP contribution is 2.28. The number of fused-ring (bicyclic) bond motifs is 5. The maximum atomic E-state index is 14.2. The van der Waals surface area contributed by atoms with E-state index in [9.17, 15) is 29.1 Å². The highest BCUT2D eigenvalue weighted by molar-refractivity contribution is 5.95. The van der Waals surface area contributed by atoms with Crippen molar-refractivity contribution < 1.29 is 29.1 Å². The molecule has 0 radical (unpaired) electrons. The summed E-state index contributed by atoms with van der Waals surface area (Å²) >= 11 is 0. The van der Waals surface area contributed by atoms with E-state index in [4.69, 9.17) is 28.7 Å². The average Bonchev–Trinajstić information content (AvgIpc) is 3.14. The summed E-state index contributed by atoms with van der Waals surface area (Å²) in [6, 6.07) is 7.55. The van der Waals surface area contributed by atoms with Crippen LogP contribution >= 0.6 is 0 Å². The first-order chi connectivity index (χ1) is 24.9. The van der Waals surface area contributed by atoms with Crippen LogP contribution in [0.1, 0.15) is 49.7 Å². The van der Waals surface area contributed by atoms with Gasteiger partial charge in [0.25, 0.3) is 0 Å². The van der Waals surface area contributed by atoms with Gasteiger partial charge in [0.2, 0.25) is 29.5 Å². The zero-order valence-corrected chi connectivity index (χ0v) is 29.9. The molecule has 286 valence electrons. The second kappa shape index (κ2) is 21.0. The molecule has 0 saturated heterocycles. The molecule has 0 unspecified atom stereocenters. The molecule has 15 N–H and O–H groups in total. The fraction of sp³-hybridized carbons (Fsp3) is 0.528. The molecule has 0 fully saturated rings. The van der Waals surface area contributed by atoms with Crippen molar-refractivity contribution in [1.29, 1.82) is 0 Å². The molecule has 5 atom stereocenters. The molecule has 5 amide bonds. The zero-order valence-electron chi connectivity index (χ0n) is 29.9. The first-order valence-electron chi connectivity index (χ1n) is 17.9. The smallest absolute Gasteiger partial charge is 0.245 e. The Hall–Kier alpha value is -4.61. The number of nitrogens with two attached hydrogens (primary N) is 5. The van der Waals surface area contributed by atoms with Crippen molar-refractivity contribution in [3.05, 3.63) is 53.6 Å². The molecule has 2 aromatic rings. The Balaban J connectivity index is 1.91.